The van der Waals surface area contributed by atoms with Gasteiger partial charge in [0.25, 0.3) is 0 Å². The lowest BCUT2D eigenvalue weighted by molar-refractivity contribution is -0.116. The molecule has 1 atom stereocenters. The number of carbonyl (C=O) groups excluding carboxylic acids is 1. The van der Waals surface area contributed by atoms with E-state index in [0.29, 0.717) is 6.42 Å². The summed E-state index contributed by atoms with van der Waals surface area (Å²) in [6.07, 6.45) is 4.34. The predicted octanol–water partition coefficient (Wildman–Crippen LogP) is 4.68. The van der Waals surface area contributed by atoms with Gasteiger partial charge in [0.1, 0.15) is 5.82 Å². The van der Waals surface area contributed by atoms with Gasteiger partial charge in [-0.2, -0.15) is 9.78 Å². The van der Waals surface area contributed by atoms with Crippen LogP contribution in [0.25, 0.3) is 15.3 Å². The molecule has 27 heavy (non-hydrogen) atoms. The third kappa shape index (κ3) is 2.83. The van der Waals surface area contributed by atoms with E-state index in [4.69, 9.17) is 0 Å². The minimum absolute atomic E-state index is 0.00399. The van der Waals surface area contributed by atoms with Crippen molar-refractivity contribution in [2.24, 2.45) is 0 Å². The second-order valence-electron chi connectivity index (χ2n) is 6.40. The minimum Gasteiger partial charge on any atom is -0.310 e. The van der Waals surface area contributed by atoms with Crippen molar-refractivity contribution in [1.29, 1.82) is 0 Å². The van der Waals surface area contributed by atoms with E-state index in [1.165, 1.54) is 4.90 Å². The second-order valence-corrected chi connectivity index (χ2v) is 8.29. The molecule has 3 heterocycles. The molecule has 1 unspecified atom stereocenters. The zero-order chi connectivity index (χ0) is 18.4. The number of hydrogen-bond acceptors (Lipinski definition) is 5. The molecule has 1 N–H and O–H groups in total. The topological polar surface area (TPSA) is 59.8 Å². The van der Waals surface area contributed by atoms with Crippen LogP contribution < -0.4 is 5.32 Å². The van der Waals surface area contributed by atoms with Crippen LogP contribution in [0, 0.1) is 0 Å². The molecule has 0 fully saturated rings. The number of nitrogens with one attached hydrogen (secondary N) is 1. The Bertz CT molecular complexity index is 1110. The molecule has 5 rings (SSSR count). The van der Waals surface area contributed by atoms with Crippen molar-refractivity contribution < 1.29 is 4.79 Å². The molecule has 0 aliphatic carbocycles. The number of rotatable bonds is 3. The summed E-state index contributed by atoms with van der Waals surface area (Å²) in [5.41, 5.74) is 3.10. The molecule has 5 nitrogen and oxygen atoms in total. The van der Waals surface area contributed by atoms with Gasteiger partial charge >= 0.3 is 0 Å². The van der Waals surface area contributed by atoms with Crippen LogP contribution >= 0.6 is 23.1 Å². The summed E-state index contributed by atoms with van der Waals surface area (Å²) in [7, 11) is 0. The SMILES string of the molecule is CSc1ccc(C2CC(=O)Nc3c2cnn3-c2nc3ccccc3s2)cc1. The minimum atomic E-state index is 0.00399. The quantitative estimate of drug-likeness (QED) is 0.515. The summed E-state index contributed by atoms with van der Waals surface area (Å²) in [6, 6.07) is 16.4. The van der Waals surface area contributed by atoms with Crippen LogP contribution in [-0.4, -0.2) is 26.9 Å². The van der Waals surface area contributed by atoms with Crippen molar-refractivity contribution in [2.75, 3.05) is 11.6 Å². The summed E-state index contributed by atoms with van der Waals surface area (Å²) in [4.78, 5) is 18.3. The monoisotopic (exact) mass is 392 g/mol. The zero-order valence-corrected chi connectivity index (χ0v) is 16.2. The Labute approximate surface area is 164 Å². The zero-order valence-electron chi connectivity index (χ0n) is 14.5. The molecule has 2 aromatic heterocycles. The molecule has 0 spiro atoms. The first-order valence-corrected chi connectivity index (χ1v) is 10.6. The van der Waals surface area contributed by atoms with E-state index in [9.17, 15) is 4.79 Å². The molecule has 0 saturated carbocycles. The number of benzene rings is 2. The van der Waals surface area contributed by atoms with Gasteiger partial charge in [0.05, 0.1) is 16.4 Å². The standard InChI is InChI=1S/C20H16N4OS2/c1-26-13-8-6-12(7-9-13)14-10-18(25)23-19-15(14)11-21-24(19)20-22-16-4-2-3-5-17(16)27-20/h2-9,11,14H,10H2,1H3,(H,23,25). The summed E-state index contributed by atoms with van der Waals surface area (Å²) >= 11 is 3.28. The molecular formula is C20H16N4OS2. The highest BCUT2D eigenvalue weighted by atomic mass is 32.2. The van der Waals surface area contributed by atoms with Crippen LogP contribution in [0.4, 0.5) is 5.82 Å². The largest absolute Gasteiger partial charge is 0.310 e. The van der Waals surface area contributed by atoms with Gasteiger partial charge in [-0.1, -0.05) is 35.6 Å². The van der Waals surface area contributed by atoms with E-state index in [1.807, 2.05) is 30.5 Å². The third-order valence-electron chi connectivity index (χ3n) is 4.80. The summed E-state index contributed by atoms with van der Waals surface area (Å²) in [6.45, 7) is 0. The lowest BCUT2D eigenvalue weighted by Gasteiger charge is -2.23. The summed E-state index contributed by atoms with van der Waals surface area (Å²) in [5, 5.41) is 8.31. The lowest BCUT2D eigenvalue weighted by Crippen LogP contribution is -2.24. The Kier molecular flexibility index (Phi) is 3.98. The number of thiazole rings is 1. The molecular weight excluding hydrogens is 376 g/mol. The molecule has 0 saturated heterocycles. The number of nitrogens with zero attached hydrogens (tertiary/aromatic N) is 3. The fraction of sp³-hybridized carbons (Fsp3) is 0.150. The number of carbonyl (C=O) groups is 1. The third-order valence-corrected chi connectivity index (χ3v) is 6.56. The summed E-state index contributed by atoms with van der Waals surface area (Å²) < 4.78 is 2.85. The van der Waals surface area contributed by atoms with Crippen LogP contribution in [0.2, 0.25) is 0 Å². The van der Waals surface area contributed by atoms with E-state index in [-0.39, 0.29) is 11.8 Å². The smallest absolute Gasteiger partial charge is 0.226 e. The number of amides is 1. The van der Waals surface area contributed by atoms with Crippen molar-refractivity contribution in [3.05, 3.63) is 65.9 Å². The van der Waals surface area contributed by atoms with Gasteiger partial charge in [-0.05, 0) is 36.1 Å². The molecule has 1 amide bonds. The lowest BCUT2D eigenvalue weighted by atomic mass is 9.87. The van der Waals surface area contributed by atoms with Crippen LogP contribution in [-0.2, 0) is 4.79 Å². The first kappa shape index (κ1) is 16.5. The van der Waals surface area contributed by atoms with Crippen molar-refractivity contribution in [3.8, 4) is 5.13 Å². The molecule has 1 aliphatic heterocycles. The fourth-order valence-corrected chi connectivity index (χ4v) is 4.79. The van der Waals surface area contributed by atoms with Gasteiger partial charge in [0.2, 0.25) is 11.0 Å². The number of para-hydroxylation sites is 1. The molecule has 4 aromatic rings. The maximum absolute atomic E-state index is 12.4. The van der Waals surface area contributed by atoms with Gasteiger partial charge in [0, 0.05) is 22.8 Å². The van der Waals surface area contributed by atoms with E-state index in [0.717, 1.165) is 32.3 Å². The maximum atomic E-state index is 12.4. The fourth-order valence-electron chi connectivity index (χ4n) is 3.45. The predicted molar refractivity (Wildman–Crippen MR) is 110 cm³/mol. The van der Waals surface area contributed by atoms with Crippen LogP contribution in [0.15, 0.2) is 59.6 Å². The first-order valence-electron chi connectivity index (χ1n) is 8.60. The van der Waals surface area contributed by atoms with Crippen LogP contribution in [0.3, 0.4) is 0 Å². The number of aromatic nitrogens is 3. The van der Waals surface area contributed by atoms with Crippen molar-refractivity contribution in [1.82, 2.24) is 14.8 Å². The van der Waals surface area contributed by atoms with E-state index in [1.54, 1.807) is 27.8 Å². The molecule has 7 heteroatoms. The summed E-state index contributed by atoms with van der Waals surface area (Å²) in [5.74, 6) is 0.737. The Hall–Kier alpha value is -2.64. The van der Waals surface area contributed by atoms with E-state index >= 15 is 0 Å². The maximum Gasteiger partial charge on any atom is 0.226 e. The van der Waals surface area contributed by atoms with Gasteiger partial charge in [-0.15, -0.1) is 11.8 Å². The van der Waals surface area contributed by atoms with Crippen molar-refractivity contribution in [2.45, 2.75) is 17.2 Å². The van der Waals surface area contributed by atoms with Gasteiger partial charge in [-0.25, -0.2) is 4.98 Å². The van der Waals surface area contributed by atoms with E-state index in [2.05, 4.69) is 45.9 Å². The molecule has 0 radical (unpaired) electrons. The van der Waals surface area contributed by atoms with Crippen molar-refractivity contribution >= 4 is 45.0 Å². The van der Waals surface area contributed by atoms with Gasteiger partial charge in [0.15, 0.2) is 0 Å². The number of thioether (sulfide) groups is 1. The Morgan fingerprint density at radius 2 is 2.00 bits per heavy atom. The Balaban J connectivity index is 1.59. The number of fused-ring (bicyclic) bond motifs is 2. The molecule has 134 valence electrons. The first-order chi connectivity index (χ1) is 13.2. The number of hydrogen-bond donors (Lipinski definition) is 1. The van der Waals surface area contributed by atoms with Gasteiger partial charge in [-0.3, -0.25) is 4.79 Å². The van der Waals surface area contributed by atoms with E-state index < -0.39 is 0 Å². The second kappa shape index (κ2) is 6.51. The highest BCUT2D eigenvalue weighted by Crippen LogP contribution is 2.39. The molecule has 1 aliphatic rings. The average molecular weight is 393 g/mol. The van der Waals surface area contributed by atoms with Crippen LogP contribution in [0.5, 0.6) is 0 Å². The average Bonchev–Trinajstić information content (AvgIpc) is 3.31. The van der Waals surface area contributed by atoms with Crippen LogP contribution in [0.1, 0.15) is 23.5 Å². The normalized spacial score (nSPS) is 16.3. The Morgan fingerprint density at radius 3 is 2.78 bits per heavy atom. The Morgan fingerprint density at radius 1 is 1.19 bits per heavy atom. The van der Waals surface area contributed by atoms with Gasteiger partial charge < -0.3 is 5.32 Å². The molecule has 2 aromatic carbocycles. The molecule has 0 bridgehead atoms. The highest BCUT2D eigenvalue weighted by molar-refractivity contribution is 7.98. The van der Waals surface area contributed by atoms with Crippen molar-refractivity contribution in [3.63, 3.8) is 0 Å². The number of anilines is 1. The highest BCUT2D eigenvalue weighted by Gasteiger charge is 2.31.